The van der Waals surface area contributed by atoms with Crippen molar-refractivity contribution in [3.05, 3.63) is 0 Å². The Labute approximate surface area is 116 Å². The number of aliphatic hydroxyl groups is 1. The first kappa shape index (κ1) is 18.4. The van der Waals surface area contributed by atoms with Gasteiger partial charge in [0.1, 0.15) is 11.6 Å². The lowest BCUT2D eigenvalue weighted by molar-refractivity contribution is -0.167. The Morgan fingerprint density at radius 3 is 2.11 bits per heavy atom. The van der Waals surface area contributed by atoms with Crippen LogP contribution in [0.15, 0.2) is 0 Å². The van der Waals surface area contributed by atoms with E-state index in [1.165, 1.54) is 0 Å². The molecule has 0 rings (SSSR count). The third-order valence-electron chi connectivity index (χ3n) is 2.10. The van der Waals surface area contributed by atoms with Gasteiger partial charge in [-0.2, -0.15) is 5.48 Å². The number of esters is 1. The van der Waals surface area contributed by atoms with Crippen LogP contribution in [0.1, 0.15) is 60.8 Å². The molecule has 0 aliphatic rings. The summed E-state index contributed by atoms with van der Waals surface area (Å²) < 4.78 is 5.35. The summed E-state index contributed by atoms with van der Waals surface area (Å²) in [5, 5.41) is 8.80. The predicted octanol–water partition coefficient (Wildman–Crippen LogP) is 2.18. The molecule has 0 heterocycles. The number of aliphatic hydroxyl groups excluding tert-OH is 1. The standard InChI is InChI=1S/C14H29NO4/c1-13(2,3)18-12(17)11(9-7-8-10-16)15-19-14(4,5)6/h11,15-16H,7-10H2,1-6H3/t11-/m0/s1. The molecule has 0 saturated heterocycles. The predicted molar refractivity (Wildman–Crippen MR) is 74.5 cm³/mol. The summed E-state index contributed by atoms with van der Waals surface area (Å²) in [6.07, 6.45) is 1.98. The molecule has 0 saturated carbocycles. The SMILES string of the molecule is CC(C)(C)ON[C@@H](CCCCO)C(=O)OC(C)(C)C. The van der Waals surface area contributed by atoms with E-state index in [2.05, 4.69) is 5.48 Å². The second-order valence-electron chi connectivity index (χ2n) is 6.64. The molecule has 0 aliphatic carbocycles. The molecule has 0 bridgehead atoms. The van der Waals surface area contributed by atoms with Gasteiger partial charge in [-0.15, -0.1) is 0 Å². The number of unbranched alkanes of at least 4 members (excludes halogenated alkanes) is 1. The van der Waals surface area contributed by atoms with E-state index in [0.29, 0.717) is 12.8 Å². The molecule has 0 radical (unpaired) electrons. The molecule has 1 atom stereocenters. The van der Waals surface area contributed by atoms with Crippen LogP contribution in [0.5, 0.6) is 0 Å². The van der Waals surface area contributed by atoms with Crippen molar-refractivity contribution in [3.63, 3.8) is 0 Å². The number of hydroxylamine groups is 1. The molecule has 0 aromatic carbocycles. The Kier molecular flexibility index (Phi) is 7.55. The second kappa shape index (κ2) is 7.82. The average molecular weight is 275 g/mol. The minimum absolute atomic E-state index is 0.126. The van der Waals surface area contributed by atoms with Gasteiger partial charge < -0.3 is 9.84 Å². The summed E-state index contributed by atoms with van der Waals surface area (Å²) in [6, 6.07) is -0.509. The van der Waals surface area contributed by atoms with Gasteiger partial charge in [-0.05, 0) is 60.8 Å². The van der Waals surface area contributed by atoms with Crippen LogP contribution in [-0.4, -0.2) is 34.9 Å². The molecule has 114 valence electrons. The van der Waals surface area contributed by atoms with Crippen molar-refractivity contribution in [1.29, 1.82) is 0 Å². The van der Waals surface area contributed by atoms with Gasteiger partial charge in [0, 0.05) is 6.61 Å². The zero-order valence-corrected chi connectivity index (χ0v) is 13.1. The van der Waals surface area contributed by atoms with Crippen molar-refractivity contribution in [1.82, 2.24) is 5.48 Å². The average Bonchev–Trinajstić information content (AvgIpc) is 2.18. The van der Waals surface area contributed by atoms with Gasteiger partial charge in [0.05, 0.1) is 5.60 Å². The van der Waals surface area contributed by atoms with Gasteiger partial charge in [-0.3, -0.25) is 9.63 Å². The molecule has 0 amide bonds. The fourth-order valence-corrected chi connectivity index (χ4v) is 1.31. The molecular weight excluding hydrogens is 246 g/mol. The highest BCUT2D eigenvalue weighted by atomic mass is 16.7. The Balaban J connectivity index is 4.43. The van der Waals surface area contributed by atoms with Gasteiger partial charge in [0.2, 0.25) is 0 Å². The first-order chi connectivity index (χ1) is 8.55. The van der Waals surface area contributed by atoms with Gasteiger partial charge in [0.15, 0.2) is 0 Å². The van der Waals surface area contributed by atoms with Crippen molar-refractivity contribution >= 4 is 5.97 Å². The lowest BCUT2D eigenvalue weighted by atomic mass is 10.1. The van der Waals surface area contributed by atoms with Crippen LogP contribution in [0, 0.1) is 0 Å². The van der Waals surface area contributed by atoms with Crippen molar-refractivity contribution in [2.24, 2.45) is 0 Å². The number of carbonyl (C=O) groups excluding carboxylic acids is 1. The van der Waals surface area contributed by atoms with Crippen LogP contribution in [0.3, 0.4) is 0 Å². The third-order valence-corrected chi connectivity index (χ3v) is 2.10. The molecule has 5 heteroatoms. The van der Waals surface area contributed by atoms with Crippen molar-refractivity contribution < 1.29 is 19.5 Å². The van der Waals surface area contributed by atoms with Gasteiger partial charge in [-0.1, -0.05) is 0 Å². The quantitative estimate of drug-likeness (QED) is 0.423. The topological polar surface area (TPSA) is 67.8 Å². The van der Waals surface area contributed by atoms with E-state index >= 15 is 0 Å². The number of ether oxygens (including phenoxy) is 1. The first-order valence-corrected chi connectivity index (χ1v) is 6.82. The summed E-state index contributed by atoms with van der Waals surface area (Å²) in [7, 11) is 0. The molecule has 0 unspecified atom stereocenters. The number of nitrogens with one attached hydrogen (secondary N) is 1. The molecule has 5 nitrogen and oxygen atoms in total. The fourth-order valence-electron chi connectivity index (χ4n) is 1.31. The third kappa shape index (κ3) is 10.9. The smallest absolute Gasteiger partial charge is 0.325 e. The minimum atomic E-state index is -0.518. The zero-order valence-electron chi connectivity index (χ0n) is 13.1. The molecule has 0 aliphatic heterocycles. The molecular formula is C14H29NO4. The van der Waals surface area contributed by atoms with Crippen molar-refractivity contribution in [2.45, 2.75) is 78.0 Å². The van der Waals surface area contributed by atoms with Crippen LogP contribution in [-0.2, 0) is 14.4 Å². The van der Waals surface area contributed by atoms with E-state index in [9.17, 15) is 4.79 Å². The van der Waals surface area contributed by atoms with Crippen LogP contribution in [0.2, 0.25) is 0 Å². The maximum absolute atomic E-state index is 12.0. The second-order valence-corrected chi connectivity index (χ2v) is 6.64. The summed E-state index contributed by atoms with van der Waals surface area (Å²) in [5.41, 5.74) is 1.89. The van der Waals surface area contributed by atoms with E-state index in [-0.39, 0.29) is 18.2 Å². The van der Waals surface area contributed by atoms with Crippen molar-refractivity contribution in [3.8, 4) is 0 Å². The van der Waals surface area contributed by atoms with Gasteiger partial charge >= 0.3 is 5.97 Å². The van der Waals surface area contributed by atoms with E-state index in [1.807, 2.05) is 41.5 Å². The first-order valence-electron chi connectivity index (χ1n) is 6.82. The zero-order chi connectivity index (χ0) is 15.1. The van der Waals surface area contributed by atoms with E-state index in [4.69, 9.17) is 14.7 Å². The fraction of sp³-hybridized carbons (Fsp3) is 0.929. The molecule has 2 N–H and O–H groups in total. The number of carbonyl (C=O) groups is 1. The van der Waals surface area contributed by atoms with Gasteiger partial charge in [-0.25, -0.2) is 0 Å². The maximum Gasteiger partial charge on any atom is 0.325 e. The lowest BCUT2D eigenvalue weighted by Gasteiger charge is -2.27. The van der Waals surface area contributed by atoms with Gasteiger partial charge in [0.25, 0.3) is 0 Å². The molecule has 19 heavy (non-hydrogen) atoms. The highest BCUT2D eigenvalue weighted by Gasteiger charge is 2.26. The summed E-state index contributed by atoms with van der Waals surface area (Å²) >= 11 is 0. The molecule has 0 spiro atoms. The molecule has 0 fully saturated rings. The number of rotatable bonds is 7. The molecule has 0 aromatic heterocycles. The Hall–Kier alpha value is -0.650. The van der Waals surface area contributed by atoms with E-state index in [0.717, 1.165) is 6.42 Å². The summed E-state index contributed by atoms with van der Waals surface area (Å²) in [4.78, 5) is 17.5. The van der Waals surface area contributed by atoms with Crippen LogP contribution in [0.25, 0.3) is 0 Å². The van der Waals surface area contributed by atoms with Crippen LogP contribution < -0.4 is 5.48 Å². The number of hydrogen-bond acceptors (Lipinski definition) is 5. The van der Waals surface area contributed by atoms with E-state index in [1.54, 1.807) is 0 Å². The summed E-state index contributed by atoms with van der Waals surface area (Å²) in [5.74, 6) is -0.324. The lowest BCUT2D eigenvalue weighted by Crippen LogP contribution is -2.44. The Morgan fingerprint density at radius 2 is 1.68 bits per heavy atom. The van der Waals surface area contributed by atoms with Crippen LogP contribution >= 0.6 is 0 Å². The van der Waals surface area contributed by atoms with E-state index < -0.39 is 11.6 Å². The van der Waals surface area contributed by atoms with Crippen LogP contribution in [0.4, 0.5) is 0 Å². The maximum atomic E-state index is 12.0. The minimum Gasteiger partial charge on any atom is -0.459 e. The summed E-state index contributed by atoms with van der Waals surface area (Å²) in [6.45, 7) is 11.3. The number of hydrogen-bond donors (Lipinski definition) is 2. The highest BCUT2D eigenvalue weighted by Crippen LogP contribution is 2.13. The normalized spacial score (nSPS) is 14.3. The molecule has 0 aromatic rings. The largest absolute Gasteiger partial charge is 0.459 e. The monoisotopic (exact) mass is 275 g/mol. The Morgan fingerprint density at radius 1 is 1.11 bits per heavy atom. The Bertz CT molecular complexity index is 266. The highest BCUT2D eigenvalue weighted by molar-refractivity contribution is 5.75. The van der Waals surface area contributed by atoms with Crippen molar-refractivity contribution in [2.75, 3.05) is 6.61 Å².